The minimum atomic E-state index is -5.79. The molecule has 4 aliphatic heterocycles. The minimum Gasteiger partial charge on any atom is -0.469 e. The van der Waals surface area contributed by atoms with Gasteiger partial charge in [0.2, 0.25) is 0 Å². The molecule has 10 fully saturated rings. The van der Waals surface area contributed by atoms with E-state index in [1.165, 1.54) is 21.0 Å². The zero-order chi connectivity index (χ0) is 94.8. The summed E-state index contributed by atoms with van der Waals surface area (Å²) in [4.78, 5) is 107. The molecule has 0 amide bonds. The number of halogens is 18. The quantitative estimate of drug-likeness (QED) is 0.0418. The Morgan fingerprint density at radius 1 is 0.488 bits per heavy atom. The highest BCUT2D eigenvalue weighted by Gasteiger charge is 2.73. The lowest BCUT2D eigenvalue weighted by molar-refractivity contribution is -0.373. The van der Waals surface area contributed by atoms with Crippen LogP contribution in [0.1, 0.15) is 254 Å². The molecule has 6 saturated carbocycles. The Morgan fingerprint density at radius 2 is 0.951 bits per heavy atom. The maximum Gasteiger partial charge on any atom is 0.426 e. The van der Waals surface area contributed by atoms with E-state index in [1.54, 1.807) is 55.4 Å². The Kier molecular flexibility index (Phi) is 34.4. The first kappa shape index (κ1) is 107. The van der Waals surface area contributed by atoms with Crippen molar-refractivity contribution in [2.24, 2.45) is 97.6 Å². The second kappa shape index (κ2) is 39.4. The predicted octanol–water partition coefficient (Wildman–Crippen LogP) is 18.3. The van der Waals surface area contributed by atoms with E-state index in [2.05, 4.69) is 9.47 Å². The predicted molar refractivity (Wildman–Crippen MR) is 400 cm³/mol. The largest absolute Gasteiger partial charge is 0.469 e. The number of carbonyl (C=O) groups is 9. The van der Waals surface area contributed by atoms with Crippen LogP contribution in [-0.4, -0.2) is 187 Å². The van der Waals surface area contributed by atoms with Gasteiger partial charge in [-0.1, -0.05) is 48.0 Å². The highest BCUT2D eigenvalue weighted by atomic mass is 19.4. The van der Waals surface area contributed by atoms with Crippen LogP contribution in [-0.2, 0) is 90.5 Å². The van der Waals surface area contributed by atoms with Crippen LogP contribution in [0.5, 0.6) is 0 Å². The Labute approximate surface area is 705 Å². The van der Waals surface area contributed by atoms with Gasteiger partial charge >= 0.3 is 90.8 Å². The van der Waals surface area contributed by atoms with E-state index in [1.807, 2.05) is 55.4 Å². The number of aliphatic hydroxyl groups is 2. The number of ether oxygens (including phenoxy) is 10. The summed E-state index contributed by atoms with van der Waals surface area (Å²) in [5.74, 6) is -15.4. The molecule has 0 radical (unpaired) electrons. The van der Waals surface area contributed by atoms with Crippen LogP contribution in [0.3, 0.4) is 0 Å². The average Bonchev–Trinajstić information content (AvgIpc) is 1.55. The van der Waals surface area contributed by atoms with E-state index in [0.717, 1.165) is 39.5 Å². The molecule has 0 spiro atoms. The zero-order valence-electron chi connectivity index (χ0n) is 73.5. The van der Waals surface area contributed by atoms with E-state index < -0.39 is 209 Å². The van der Waals surface area contributed by atoms with Crippen LogP contribution in [0.15, 0.2) is 0 Å². The van der Waals surface area contributed by atoms with Crippen molar-refractivity contribution in [1.82, 2.24) is 0 Å². The van der Waals surface area contributed by atoms with E-state index in [4.69, 9.17) is 37.9 Å². The zero-order valence-corrected chi connectivity index (χ0v) is 73.5. The van der Waals surface area contributed by atoms with Gasteiger partial charge in [0.05, 0.1) is 69.9 Å². The first-order chi connectivity index (χ1) is 55.7. The molecular weight excluding hydrogens is 1690 g/mol. The van der Waals surface area contributed by atoms with E-state index in [0.29, 0.717) is 69.6 Å². The Bertz CT molecular complexity index is 3630. The van der Waals surface area contributed by atoms with Gasteiger partial charge in [0.1, 0.15) is 30.5 Å². The summed E-state index contributed by atoms with van der Waals surface area (Å²) in [6.07, 6.45) is -25.7. The maximum absolute atomic E-state index is 13.1. The molecule has 2 N–H and O–H groups in total. The molecule has 8 bridgehead atoms. The van der Waals surface area contributed by atoms with Gasteiger partial charge in [-0.15, -0.1) is 0 Å². The van der Waals surface area contributed by atoms with Crippen LogP contribution >= 0.6 is 0 Å². The molecule has 6 aliphatic carbocycles. The Hall–Kier alpha value is -6.15. The lowest BCUT2D eigenvalue weighted by atomic mass is 9.78. The molecule has 21 nitrogen and oxygen atoms in total. The third kappa shape index (κ3) is 25.3. The van der Waals surface area contributed by atoms with Crippen molar-refractivity contribution in [1.29, 1.82) is 0 Å². The van der Waals surface area contributed by atoms with Crippen molar-refractivity contribution in [3.05, 3.63) is 0 Å². The summed E-state index contributed by atoms with van der Waals surface area (Å²) < 4.78 is 279. The van der Waals surface area contributed by atoms with Crippen LogP contribution in [0, 0.1) is 97.6 Å². The number of alkyl halides is 18. The fourth-order valence-electron chi connectivity index (χ4n) is 16.3. The molecule has 712 valence electrons. The van der Waals surface area contributed by atoms with Crippen LogP contribution in [0.4, 0.5) is 79.0 Å². The van der Waals surface area contributed by atoms with Crippen molar-refractivity contribution < 1.29 is 180 Å². The molecule has 21 unspecified atom stereocenters. The molecule has 4 saturated heterocycles. The first-order valence-corrected chi connectivity index (χ1v) is 41.8. The fraction of sp³-hybridized carbons (Fsp3) is 0.893. The summed E-state index contributed by atoms with van der Waals surface area (Å²) in [6.45, 7) is 31.1. The third-order valence-electron chi connectivity index (χ3n) is 27.3. The summed E-state index contributed by atoms with van der Waals surface area (Å²) in [5.41, 5.74) is -12.0. The van der Waals surface area contributed by atoms with Gasteiger partial charge in [0.25, 0.3) is 11.5 Å². The highest BCUT2D eigenvalue weighted by Crippen LogP contribution is 2.61. The summed E-state index contributed by atoms with van der Waals surface area (Å²) in [5, 5.41) is 19.3. The lowest BCUT2D eigenvalue weighted by Gasteiger charge is -2.37. The normalized spacial score (nSPS) is 29.2. The topological polar surface area (TPSA) is 286 Å². The SMILES string of the molecule is CCC(C)(C)C(=O)OC(C)C(F)(F)F.CCC(C)(C)C(=O)OC(CC(C)(O)C(F)(F)F)C1CC2CCC1C2.CCC(C)(C)C(=O)OC1C2CC3C(=O)OC1C3O2.CCC(C)(C)C(=O)OC1C2CC3C1OC(=O)C3C2C(=O)OC.CCC(C)(C)C(=O)OC1CC2CC1CC2CC(O)(C(F)(F)F)C(F)(F)F.CCC(C)(C)C(=O)OCC(F)(F)CC(F)(F)C(F)F. The molecule has 0 aromatic rings. The Balaban J connectivity index is 0.000000265. The highest BCUT2D eigenvalue weighted by molar-refractivity contribution is 5.87. The van der Waals surface area contributed by atoms with E-state index in [9.17, 15) is 132 Å². The third-order valence-corrected chi connectivity index (χ3v) is 27.3. The Morgan fingerprint density at radius 3 is 1.37 bits per heavy atom. The van der Waals surface area contributed by atoms with Crippen LogP contribution in [0.25, 0.3) is 0 Å². The molecule has 123 heavy (non-hydrogen) atoms. The molecule has 21 atom stereocenters. The molecule has 10 rings (SSSR count). The van der Waals surface area contributed by atoms with Crippen molar-refractivity contribution >= 4 is 53.7 Å². The fourth-order valence-corrected chi connectivity index (χ4v) is 16.3. The van der Waals surface area contributed by atoms with Gasteiger partial charge in [-0.25, -0.2) is 26.3 Å². The van der Waals surface area contributed by atoms with Crippen molar-refractivity contribution in [3.63, 3.8) is 0 Å². The average molecular weight is 1810 g/mol. The van der Waals surface area contributed by atoms with E-state index in [-0.39, 0.29) is 78.5 Å². The maximum atomic E-state index is 13.1. The smallest absolute Gasteiger partial charge is 0.426 e. The second-order valence-corrected chi connectivity index (χ2v) is 38.6. The van der Waals surface area contributed by atoms with Crippen molar-refractivity contribution in [2.75, 3.05) is 13.7 Å². The number of carbonyl (C=O) groups excluding carboxylic acids is 9. The number of hydrogen-bond donors (Lipinski definition) is 2. The minimum absolute atomic E-state index is 0.0378. The number of methoxy groups -OCH3 is 1. The molecular formula is C84H124F18O21. The monoisotopic (exact) mass is 1810 g/mol. The van der Waals surface area contributed by atoms with E-state index >= 15 is 0 Å². The van der Waals surface area contributed by atoms with Crippen molar-refractivity contribution in [3.8, 4) is 0 Å². The first-order valence-electron chi connectivity index (χ1n) is 41.8. The van der Waals surface area contributed by atoms with Crippen LogP contribution in [0.2, 0.25) is 0 Å². The number of hydrogen-bond acceptors (Lipinski definition) is 21. The van der Waals surface area contributed by atoms with Crippen LogP contribution < -0.4 is 0 Å². The second-order valence-electron chi connectivity index (χ2n) is 38.6. The number of esters is 9. The van der Waals surface area contributed by atoms with Gasteiger partial charge in [0.15, 0.2) is 30.5 Å². The number of fused-ring (bicyclic) bond motifs is 6. The van der Waals surface area contributed by atoms with Gasteiger partial charge in [-0.3, -0.25) is 43.2 Å². The van der Waals surface area contributed by atoms with Gasteiger partial charge in [-0.05, 0) is 229 Å². The summed E-state index contributed by atoms with van der Waals surface area (Å²) in [6, 6.07) is 0. The molecule has 39 heteroatoms. The summed E-state index contributed by atoms with van der Waals surface area (Å²) >= 11 is 0. The summed E-state index contributed by atoms with van der Waals surface area (Å²) in [7, 11) is 1.31. The molecule has 0 aromatic heterocycles. The standard InChI is InChI=1S/C18H29F3O3.C17H24F6O3.C16H22O6.C13H18O5.C11H16F6O2.C9H15F3O2/c1-5-16(2,3)15(22)24-14(10-17(4,23)18(19,20)21)13-9-11-6-7-12(13)8-11;1-4-14(2,3)13(24)26-12-7-9-5-10(12)6-11(9)8-15(25,16(18,19)20)17(21,22)23;1-5-16(2,3)15(19)22-12-7-6-8-10(9(7)13(17)20-4)14(18)21-11(8)12;1-4-13(2,3)12(15)18-9-7-5-6-8(16-7)10(9)17-11(6)14;1-4-9(2,3)8(18)19-6-10(14,15)5-11(16,17)7(12)13;1-5-8(3,4)7(13)14-6(2)9(10,11)12/h11-14,23H,5-10H2,1-4H3;9-12,25H,4-8H2,1-3H3;7-12H,5-6H2,1-4H3;6-10H,4-5H2,1-3H3;7H,4-6H2,1-3H3;6H,5H2,1-4H3. The van der Waals surface area contributed by atoms with Gasteiger partial charge in [-0.2, -0.15) is 52.7 Å². The van der Waals surface area contributed by atoms with Crippen molar-refractivity contribution in [2.45, 2.75) is 363 Å². The van der Waals surface area contributed by atoms with Gasteiger partial charge < -0.3 is 57.6 Å². The lowest BCUT2D eigenvalue weighted by Crippen LogP contribution is -2.58. The molecule has 4 heterocycles. The molecule has 0 aromatic carbocycles. The van der Waals surface area contributed by atoms with Gasteiger partial charge in [0, 0.05) is 18.3 Å². The molecule has 10 aliphatic rings. The number of rotatable bonds is 28.